The number of aliphatic hydroxyl groups is 1. The van der Waals surface area contributed by atoms with Gasteiger partial charge in [-0.3, -0.25) is 0 Å². The van der Waals surface area contributed by atoms with E-state index in [1.807, 2.05) is 0 Å². The van der Waals surface area contributed by atoms with Crippen molar-refractivity contribution in [1.82, 2.24) is 0 Å². The Morgan fingerprint density at radius 3 is 2.32 bits per heavy atom. The maximum atomic E-state index is 12.8. The predicted molar refractivity (Wildman–Crippen MR) is 66.1 cm³/mol. The standard InChI is InChI=1S/C13H16F3NO2/c1-2-19-11(10-6-4-3-5-7-10)8-12(18,9-17)13(14,15)16/h3-8,18H,2,9,17H2,1H3/b11-8-. The van der Waals surface area contributed by atoms with Gasteiger partial charge in [0.05, 0.1) is 6.61 Å². The highest BCUT2D eigenvalue weighted by atomic mass is 19.4. The Kier molecular flexibility index (Phi) is 4.97. The average Bonchev–Trinajstić information content (AvgIpc) is 2.37. The topological polar surface area (TPSA) is 55.5 Å². The largest absolute Gasteiger partial charge is 0.493 e. The van der Waals surface area contributed by atoms with E-state index in [9.17, 15) is 18.3 Å². The van der Waals surface area contributed by atoms with Gasteiger partial charge in [0, 0.05) is 18.2 Å². The Morgan fingerprint density at radius 1 is 1.32 bits per heavy atom. The van der Waals surface area contributed by atoms with Crippen molar-refractivity contribution in [3.05, 3.63) is 42.0 Å². The van der Waals surface area contributed by atoms with Crippen molar-refractivity contribution in [2.45, 2.75) is 18.7 Å². The second kappa shape index (κ2) is 6.08. The van der Waals surface area contributed by atoms with Gasteiger partial charge in [0.25, 0.3) is 0 Å². The van der Waals surface area contributed by atoms with Gasteiger partial charge < -0.3 is 15.6 Å². The Balaban J connectivity index is 3.21. The summed E-state index contributed by atoms with van der Waals surface area (Å²) in [5.41, 5.74) is 2.39. The van der Waals surface area contributed by atoms with Crippen LogP contribution in [-0.2, 0) is 4.74 Å². The van der Waals surface area contributed by atoms with Gasteiger partial charge in [0.1, 0.15) is 5.76 Å². The molecule has 1 atom stereocenters. The van der Waals surface area contributed by atoms with Crippen molar-refractivity contribution in [3.63, 3.8) is 0 Å². The molecule has 1 rings (SSSR count). The summed E-state index contributed by atoms with van der Waals surface area (Å²) < 4.78 is 43.5. The fourth-order valence-electron chi connectivity index (χ4n) is 1.44. The zero-order chi connectivity index (χ0) is 14.5. The maximum absolute atomic E-state index is 12.8. The summed E-state index contributed by atoms with van der Waals surface area (Å²) in [6.45, 7) is 0.852. The molecule has 0 radical (unpaired) electrons. The van der Waals surface area contributed by atoms with Gasteiger partial charge in [-0.1, -0.05) is 30.3 Å². The van der Waals surface area contributed by atoms with Crippen LogP contribution in [0.1, 0.15) is 12.5 Å². The van der Waals surface area contributed by atoms with Crippen molar-refractivity contribution >= 4 is 5.76 Å². The number of nitrogens with two attached hydrogens (primary N) is 1. The van der Waals surface area contributed by atoms with E-state index in [0.717, 1.165) is 0 Å². The summed E-state index contributed by atoms with van der Waals surface area (Å²) in [6.07, 6.45) is -4.25. The highest BCUT2D eigenvalue weighted by molar-refractivity contribution is 5.61. The van der Waals surface area contributed by atoms with Crippen LogP contribution in [0.5, 0.6) is 0 Å². The van der Waals surface area contributed by atoms with E-state index < -0.39 is 18.3 Å². The lowest BCUT2D eigenvalue weighted by Crippen LogP contribution is -2.49. The number of benzene rings is 1. The lowest BCUT2D eigenvalue weighted by Gasteiger charge is -2.26. The Labute approximate surface area is 109 Å². The van der Waals surface area contributed by atoms with E-state index in [2.05, 4.69) is 0 Å². The molecule has 1 aromatic rings. The molecule has 6 heteroatoms. The third-order valence-electron chi connectivity index (χ3n) is 2.53. The van der Waals surface area contributed by atoms with Gasteiger partial charge in [-0.05, 0) is 6.92 Å². The normalized spacial score (nSPS) is 16.0. The smallest absolute Gasteiger partial charge is 0.422 e. The van der Waals surface area contributed by atoms with Crippen LogP contribution in [0.15, 0.2) is 36.4 Å². The molecule has 0 saturated carbocycles. The molecule has 0 bridgehead atoms. The summed E-state index contributed by atoms with van der Waals surface area (Å²) >= 11 is 0. The maximum Gasteiger partial charge on any atom is 0.422 e. The molecule has 0 heterocycles. The van der Waals surface area contributed by atoms with Crippen LogP contribution in [0.2, 0.25) is 0 Å². The van der Waals surface area contributed by atoms with Crippen molar-refractivity contribution in [1.29, 1.82) is 0 Å². The molecule has 0 saturated heterocycles. The lowest BCUT2D eigenvalue weighted by atomic mass is 10.0. The summed E-state index contributed by atoms with van der Waals surface area (Å²) in [5.74, 6) is -0.0478. The molecule has 0 aliphatic carbocycles. The number of ether oxygens (including phenoxy) is 1. The zero-order valence-electron chi connectivity index (χ0n) is 10.4. The first-order valence-corrected chi connectivity index (χ1v) is 5.74. The summed E-state index contributed by atoms with van der Waals surface area (Å²) in [5, 5.41) is 9.61. The predicted octanol–water partition coefficient (Wildman–Crippen LogP) is 2.32. The van der Waals surface area contributed by atoms with Crippen LogP contribution >= 0.6 is 0 Å². The molecule has 0 fully saturated rings. The van der Waals surface area contributed by atoms with E-state index >= 15 is 0 Å². The second-order valence-electron chi connectivity index (χ2n) is 3.93. The Bertz CT molecular complexity index is 431. The first-order chi connectivity index (χ1) is 8.84. The number of hydrogen-bond donors (Lipinski definition) is 2. The molecule has 0 aliphatic heterocycles. The lowest BCUT2D eigenvalue weighted by molar-refractivity contribution is -0.235. The monoisotopic (exact) mass is 275 g/mol. The third-order valence-corrected chi connectivity index (χ3v) is 2.53. The van der Waals surface area contributed by atoms with E-state index in [0.29, 0.717) is 11.6 Å². The molecule has 1 unspecified atom stereocenters. The van der Waals surface area contributed by atoms with Crippen molar-refractivity contribution in [2.24, 2.45) is 5.73 Å². The molecule has 3 N–H and O–H groups in total. The molecular weight excluding hydrogens is 259 g/mol. The molecule has 3 nitrogen and oxygen atoms in total. The summed E-state index contributed by atoms with van der Waals surface area (Å²) in [4.78, 5) is 0. The first kappa shape index (κ1) is 15.5. The third kappa shape index (κ3) is 3.71. The highest BCUT2D eigenvalue weighted by Crippen LogP contribution is 2.33. The SMILES string of the molecule is CCO/C(=C\C(O)(CN)C(F)(F)F)c1ccccc1. The molecule has 106 valence electrons. The summed E-state index contributed by atoms with van der Waals surface area (Å²) in [7, 11) is 0. The van der Waals surface area contributed by atoms with Crippen LogP contribution in [0.3, 0.4) is 0 Å². The Hall–Kier alpha value is -1.53. The van der Waals surface area contributed by atoms with E-state index in [1.54, 1.807) is 37.3 Å². The van der Waals surface area contributed by atoms with Gasteiger partial charge in [0.15, 0.2) is 5.60 Å². The second-order valence-corrected chi connectivity index (χ2v) is 3.93. The molecule has 19 heavy (non-hydrogen) atoms. The first-order valence-electron chi connectivity index (χ1n) is 5.74. The van der Waals surface area contributed by atoms with Crippen molar-refractivity contribution in [2.75, 3.05) is 13.2 Å². The number of rotatable bonds is 5. The van der Waals surface area contributed by atoms with E-state index in [-0.39, 0.29) is 12.4 Å². The van der Waals surface area contributed by atoms with Crippen LogP contribution in [0.25, 0.3) is 5.76 Å². The highest BCUT2D eigenvalue weighted by Gasteiger charge is 2.51. The number of halogens is 3. The minimum atomic E-state index is -4.86. The number of alkyl halides is 3. The van der Waals surface area contributed by atoms with Crippen LogP contribution in [0.4, 0.5) is 13.2 Å². The minimum Gasteiger partial charge on any atom is -0.493 e. The molecule has 1 aromatic carbocycles. The van der Waals surface area contributed by atoms with Gasteiger partial charge in [-0.25, -0.2) is 0 Å². The summed E-state index contributed by atoms with van der Waals surface area (Å²) in [6, 6.07) is 8.24. The Morgan fingerprint density at radius 2 is 1.89 bits per heavy atom. The fraction of sp³-hybridized carbons (Fsp3) is 0.385. The number of hydrogen-bond acceptors (Lipinski definition) is 3. The van der Waals surface area contributed by atoms with E-state index in [4.69, 9.17) is 10.5 Å². The van der Waals surface area contributed by atoms with Crippen LogP contribution in [-0.4, -0.2) is 30.0 Å². The molecule has 0 spiro atoms. The zero-order valence-corrected chi connectivity index (χ0v) is 10.4. The van der Waals surface area contributed by atoms with E-state index in [1.165, 1.54) is 0 Å². The molecule has 0 aliphatic rings. The average molecular weight is 275 g/mol. The van der Waals surface area contributed by atoms with Gasteiger partial charge in [0.2, 0.25) is 0 Å². The van der Waals surface area contributed by atoms with Crippen LogP contribution < -0.4 is 5.73 Å². The van der Waals surface area contributed by atoms with Gasteiger partial charge >= 0.3 is 6.18 Å². The minimum absolute atomic E-state index is 0.0478. The fourth-order valence-corrected chi connectivity index (χ4v) is 1.44. The van der Waals surface area contributed by atoms with Gasteiger partial charge in [-0.2, -0.15) is 13.2 Å². The van der Waals surface area contributed by atoms with Gasteiger partial charge in [-0.15, -0.1) is 0 Å². The molecular formula is C13H16F3NO2. The quantitative estimate of drug-likeness (QED) is 0.811. The molecule has 0 amide bonds. The van der Waals surface area contributed by atoms with Crippen LogP contribution in [0, 0.1) is 0 Å². The molecule has 0 aromatic heterocycles. The van der Waals surface area contributed by atoms with Crippen molar-refractivity contribution < 1.29 is 23.0 Å². The van der Waals surface area contributed by atoms with Crippen molar-refractivity contribution in [3.8, 4) is 0 Å².